The zero-order valence-electron chi connectivity index (χ0n) is 30.3. The van der Waals surface area contributed by atoms with Gasteiger partial charge in [-0.3, -0.25) is 0 Å². The Kier molecular flexibility index (Phi) is 6.04. The monoisotopic (exact) mass is 691 g/mol. The summed E-state index contributed by atoms with van der Waals surface area (Å²) in [6.07, 6.45) is 8.86. The first kappa shape index (κ1) is 30.1. The highest BCUT2D eigenvalue weighted by molar-refractivity contribution is 6.25. The van der Waals surface area contributed by atoms with Crippen molar-refractivity contribution in [1.82, 2.24) is 0 Å². The average molecular weight is 692 g/mol. The van der Waals surface area contributed by atoms with Gasteiger partial charge in [0.1, 0.15) is 5.75 Å². The summed E-state index contributed by atoms with van der Waals surface area (Å²) in [6, 6.07) is 49.9. The zero-order valence-corrected chi connectivity index (χ0v) is 30.3. The van der Waals surface area contributed by atoms with Gasteiger partial charge in [0, 0.05) is 11.0 Å². The van der Waals surface area contributed by atoms with Crippen LogP contribution in [0, 0.1) is 0 Å². The van der Waals surface area contributed by atoms with Crippen LogP contribution in [0.2, 0.25) is 0 Å². The number of para-hydroxylation sites is 2. The molecule has 3 aliphatic carbocycles. The predicted octanol–water partition coefficient (Wildman–Crippen LogP) is 13.6. The van der Waals surface area contributed by atoms with Gasteiger partial charge in [-0.1, -0.05) is 141 Å². The van der Waals surface area contributed by atoms with Gasteiger partial charge in [-0.05, 0) is 136 Å². The van der Waals surface area contributed by atoms with Gasteiger partial charge in [0.2, 0.25) is 0 Å². The number of fused-ring (bicyclic) bond motifs is 6. The standard InChI is InChI=1S/C52H37NO/c1-52(2)43-15-6-5-12-35(43)40-28-41-42(29-44(40)52)50(39-27-25-33-19-18-30-10-9-11-31-24-26-38(39)49(33)47(30)31)37-14-4-3-13-36(37)48(41)32-20-22-34(23-21-32)51-53-45-16-7-8-17-46(45)54-51/h3-9,11-18,20-29,51,53H,10,19H2,1-2H3. The van der Waals surface area contributed by atoms with E-state index in [9.17, 15) is 0 Å². The van der Waals surface area contributed by atoms with Gasteiger partial charge >= 0.3 is 0 Å². The lowest BCUT2D eigenvalue weighted by Crippen LogP contribution is -2.14. The van der Waals surface area contributed by atoms with Crippen molar-refractivity contribution in [1.29, 1.82) is 0 Å². The Hall–Kier alpha value is -6.38. The van der Waals surface area contributed by atoms with Crippen LogP contribution in [0.4, 0.5) is 5.69 Å². The highest BCUT2D eigenvalue weighted by Crippen LogP contribution is 2.54. The van der Waals surface area contributed by atoms with Crippen LogP contribution >= 0.6 is 0 Å². The van der Waals surface area contributed by atoms with Crippen LogP contribution in [-0.4, -0.2) is 0 Å². The minimum absolute atomic E-state index is 0.117. The van der Waals surface area contributed by atoms with E-state index in [-0.39, 0.29) is 11.6 Å². The minimum Gasteiger partial charge on any atom is -0.464 e. The van der Waals surface area contributed by atoms with E-state index in [4.69, 9.17) is 4.74 Å². The Morgan fingerprint density at radius 2 is 1.37 bits per heavy atom. The minimum atomic E-state index is -0.214. The van der Waals surface area contributed by atoms with Crippen LogP contribution in [0.25, 0.3) is 77.3 Å². The SMILES string of the molecule is CC1(C)c2ccccc2-c2cc3c(-c4ccc(C5Nc6ccccc6O5)cc4)c4ccccc4c(-c4ccc5c6c7c(ccc46)C=CCC7=CC5)c3cc21. The van der Waals surface area contributed by atoms with Gasteiger partial charge < -0.3 is 10.1 Å². The first-order valence-electron chi connectivity index (χ1n) is 19.2. The quantitative estimate of drug-likeness (QED) is 0.186. The maximum atomic E-state index is 6.32. The molecule has 0 saturated carbocycles. The first-order chi connectivity index (χ1) is 26.5. The molecular weight excluding hydrogens is 655 g/mol. The molecule has 0 spiro atoms. The Balaban J connectivity index is 1.15. The molecule has 8 aromatic carbocycles. The Bertz CT molecular complexity index is 2990. The van der Waals surface area contributed by atoms with E-state index in [1.807, 2.05) is 18.2 Å². The lowest BCUT2D eigenvalue weighted by Gasteiger charge is -2.26. The van der Waals surface area contributed by atoms with Crippen molar-refractivity contribution < 1.29 is 4.74 Å². The highest BCUT2D eigenvalue weighted by Gasteiger charge is 2.36. The third kappa shape index (κ3) is 4.06. The van der Waals surface area contributed by atoms with Crippen molar-refractivity contribution in [3.05, 3.63) is 179 Å². The van der Waals surface area contributed by atoms with E-state index in [0.29, 0.717) is 0 Å². The van der Waals surface area contributed by atoms with Crippen molar-refractivity contribution in [2.24, 2.45) is 0 Å². The van der Waals surface area contributed by atoms with E-state index in [1.54, 1.807) is 0 Å². The molecule has 2 heteroatoms. The molecular formula is C52H37NO. The molecule has 0 fully saturated rings. The molecule has 1 heterocycles. The molecule has 0 saturated heterocycles. The van der Waals surface area contributed by atoms with E-state index >= 15 is 0 Å². The Morgan fingerprint density at radius 1 is 0.593 bits per heavy atom. The smallest absolute Gasteiger partial charge is 0.196 e. The number of hydrogen-bond acceptors (Lipinski definition) is 2. The molecule has 0 amide bonds. The van der Waals surface area contributed by atoms with Gasteiger partial charge in [-0.15, -0.1) is 0 Å². The van der Waals surface area contributed by atoms with Crippen LogP contribution < -0.4 is 10.1 Å². The average Bonchev–Trinajstić information content (AvgIpc) is 3.75. The Labute approximate surface area is 315 Å². The molecule has 1 N–H and O–H groups in total. The number of allylic oxidation sites excluding steroid dienone is 3. The lowest BCUT2D eigenvalue weighted by molar-refractivity contribution is 0.260. The molecule has 1 unspecified atom stereocenters. The number of anilines is 1. The molecule has 256 valence electrons. The lowest BCUT2D eigenvalue weighted by atomic mass is 9.77. The van der Waals surface area contributed by atoms with Crippen molar-refractivity contribution in [3.63, 3.8) is 0 Å². The second kappa shape index (κ2) is 10.8. The van der Waals surface area contributed by atoms with E-state index in [2.05, 4.69) is 153 Å². The van der Waals surface area contributed by atoms with E-state index in [1.165, 1.54) is 99.1 Å². The molecule has 8 aromatic rings. The van der Waals surface area contributed by atoms with Crippen LogP contribution in [-0.2, 0) is 11.8 Å². The number of nitrogens with one attached hydrogen (secondary N) is 1. The summed E-state index contributed by atoms with van der Waals surface area (Å²) < 4.78 is 6.32. The molecule has 0 aromatic heterocycles. The first-order valence-corrected chi connectivity index (χ1v) is 19.2. The van der Waals surface area contributed by atoms with Gasteiger partial charge in [0.25, 0.3) is 0 Å². The highest BCUT2D eigenvalue weighted by atomic mass is 16.5. The topological polar surface area (TPSA) is 21.3 Å². The van der Waals surface area contributed by atoms with Crippen LogP contribution in [0.15, 0.2) is 146 Å². The van der Waals surface area contributed by atoms with Crippen molar-refractivity contribution in [2.75, 3.05) is 5.32 Å². The second-order valence-electron chi connectivity index (χ2n) is 15.9. The molecule has 1 atom stereocenters. The number of rotatable bonds is 3. The fraction of sp³-hybridized carbons (Fsp3) is 0.115. The summed E-state index contributed by atoms with van der Waals surface area (Å²) in [6.45, 7) is 4.79. The van der Waals surface area contributed by atoms with Crippen molar-refractivity contribution >= 4 is 49.7 Å². The van der Waals surface area contributed by atoms with Gasteiger partial charge in [-0.2, -0.15) is 0 Å². The second-order valence-corrected chi connectivity index (χ2v) is 15.9. The Morgan fingerprint density at radius 3 is 2.24 bits per heavy atom. The fourth-order valence-corrected chi connectivity index (χ4v) is 10.2. The predicted molar refractivity (Wildman–Crippen MR) is 226 cm³/mol. The number of hydrogen-bond donors (Lipinski definition) is 1. The summed E-state index contributed by atoms with van der Waals surface area (Å²) in [7, 11) is 0. The van der Waals surface area contributed by atoms with Crippen molar-refractivity contribution in [2.45, 2.75) is 38.3 Å². The zero-order chi connectivity index (χ0) is 35.7. The fourth-order valence-electron chi connectivity index (χ4n) is 10.2. The van der Waals surface area contributed by atoms with E-state index < -0.39 is 0 Å². The molecule has 2 nitrogen and oxygen atoms in total. The number of benzene rings is 8. The maximum absolute atomic E-state index is 6.32. The normalized spacial score (nSPS) is 16.9. The van der Waals surface area contributed by atoms with Gasteiger partial charge in [0.15, 0.2) is 6.23 Å². The summed E-state index contributed by atoms with van der Waals surface area (Å²) in [5.74, 6) is 0.895. The van der Waals surface area contributed by atoms with Crippen LogP contribution in [0.5, 0.6) is 5.75 Å². The van der Waals surface area contributed by atoms with Gasteiger partial charge in [0.05, 0.1) is 5.69 Å². The van der Waals surface area contributed by atoms with Crippen LogP contribution in [0.1, 0.15) is 59.9 Å². The van der Waals surface area contributed by atoms with Crippen molar-refractivity contribution in [3.8, 4) is 39.1 Å². The molecule has 4 aliphatic rings. The largest absolute Gasteiger partial charge is 0.464 e. The summed E-state index contributed by atoms with van der Waals surface area (Å²) in [4.78, 5) is 0. The maximum Gasteiger partial charge on any atom is 0.196 e. The molecule has 54 heavy (non-hydrogen) atoms. The summed E-state index contributed by atoms with van der Waals surface area (Å²) in [5.41, 5.74) is 18.3. The third-order valence-corrected chi connectivity index (χ3v) is 12.7. The van der Waals surface area contributed by atoms with E-state index in [0.717, 1.165) is 29.8 Å². The molecule has 0 radical (unpaired) electrons. The van der Waals surface area contributed by atoms with Crippen LogP contribution in [0.3, 0.4) is 0 Å². The third-order valence-electron chi connectivity index (χ3n) is 12.7. The summed E-state index contributed by atoms with van der Waals surface area (Å²) >= 11 is 0. The number of ether oxygens (including phenoxy) is 1. The summed E-state index contributed by atoms with van der Waals surface area (Å²) in [5, 5.41) is 11.5. The molecule has 0 bridgehead atoms. The van der Waals surface area contributed by atoms with Gasteiger partial charge in [-0.25, -0.2) is 0 Å². The molecule has 12 rings (SSSR count). The molecule has 1 aliphatic heterocycles.